The van der Waals surface area contributed by atoms with Gasteiger partial charge in [0.1, 0.15) is 0 Å². The van der Waals surface area contributed by atoms with Crippen molar-refractivity contribution < 1.29 is 14.4 Å². The van der Waals surface area contributed by atoms with Crippen molar-refractivity contribution >= 4 is 34.9 Å². The van der Waals surface area contributed by atoms with Crippen molar-refractivity contribution in [3.05, 3.63) is 89.5 Å². The minimum atomic E-state index is -0.368. The van der Waals surface area contributed by atoms with Gasteiger partial charge in [0.15, 0.2) is 0 Å². The molecule has 0 spiro atoms. The van der Waals surface area contributed by atoms with Crippen LogP contribution in [0.1, 0.15) is 46.5 Å². The molecule has 4 amide bonds. The minimum Gasteiger partial charge on any atom is -0.338 e. The van der Waals surface area contributed by atoms with Crippen LogP contribution in [0.25, 0.3) is 0 Å². The van der Waals surface area contributed by atoms with E-state index < -0.39 is 0 Å². The monoisotopic (exact) mass is 484 g/mol. The number of benzene rings is 3. The molecule has 0 aliphatic carbocycles. The van der Waals surface area contributed by atoms with E-state index >= 15 is 0 Å². The number of likely N-dealkylation sites (tertiary alicyclic amines) is 1. The summed E-state index contributed by atoms with van der Waals surface area (Å²) in [4.78, 5) is 40.1. The van der Waals surface area contributed by atoms with E-state index in [9.17, 15) is 14.4 Å². The first-order chi connectivity index (χ1) is 17.3. The van der Waals surface area contributed by atoms with Crippen molar-refractivity contribution in [1.82, 2.24) is 4.90 Å². The smallest absolute Gasteiger partial charge is 0.323 e. The van der Waals surface area contributed by atoms with Gasteiger partial charge in [-0.25, -0.2) is 4.79 Å². The number of para-hydroxylation sites is 1. The lowest BCUT2D eigenvalue weighted by Gasteiger charge is -2.35. The fourth-order valence-electron chi connectivity index (χ4n) is 4.62. The molecular formula is C29H32N4O3. The Labute approximate surface area is 211 Å². The van der Waals surface area contributed by atoms with Gasteiger partial charge in [-0.05, 0) is 79.3 Å². The van der Waals surface area contributed by atoms with E-state index in [-0.39, 0.29) is 17.8 Å². The Hall–Kier alpha value is -4.13. The second-order valence-corrected chi connectivity index (χ2v) is 9.66. The zero-order valence-corrected chi connectivity index (χ0v) is 20.9. The second-order valence-electron chi connectivity index (χ2n) is 9.66. The van der Waals surface area contributed by atoms with Crippen LogP contribution < -0.4 is 16.0 Å². The molecule has 3 aromatic rings. The van der Waals surface area contributed by atoms with Crippen LogP contribution in [0.4, 0.5) is 21.9 Å². The van der Waals surface area contributed by atoms with E-state index in [0.717, 1.165) is 25.1 Å². The van der Waals surface area contributed by atoms with E-state index in [1.807, 2.05) is 42.2 Å². The maximum Gasteiger partial charge on any atom is 0.323 e. The molecule has 3 aromatic carbocycles. The summed E-state index contributed by atoms with van der Waals surface area (Å²) < 4.78 is 0. The average Bonchev–Trinajstić information content (AvgIpc) is 2.85. The number of hydrogen-bond acceptors (Lipinski definition) is 3. The van der Waals surface area contributed by atoms with Gasteiger partial charge in [-0.3, -0.25) is 9.59 Å². The summed E-state index contributed by atoms with van der Waals surface area (Å²) in [7, 11) is 0. The number of nitrogens with one attached hydrogen (secondary N) is 3. The number of anilines is 3. The summed E-state index contributed by atoms with van der Waals surface area (Å²) in [5, 5.41) is 8.42. The van der Waals surface area contributed by atoms with Crippen LogP contribution in [0.15, 0.2) is 72.8 Å². The first-order valence-electron chi connectivity index (χ1n) is 12.2. The van der Waals surface area contributed by atoms with Gasteiger partial charge in [0.05, 0.1) is 0 Å². The van der Waals surface area contributed by atoms with E-state index in [1.54, 1.807) is 42.5 Å². The van der Waals surface area contributed by atoms with Crippen molar-refractivity contribution in [2.45, 2.75) is 27.2 Å². The molecule has 0 aromatic heterocycles. The van der Waals surface area contributed by atoms with Crippen LogP contribution in [0.3, 0.4) is 0 Å². The van der Waals surface area contributed by atoms with Gasteiger partial charge < -0.3 is 20.9 Å². The standard InChI is InChI=1S/C29H32N4O3/c1-19-15-20(2)18-33(17-19)28(35)23-10-9-21(3)26(16-23)32-27(34)22-11-13-25(14-12-22)31-29(36)30-24-7-5-4-6-8-24/h4-14,16,19-20H,15,17-18H2,1-3H3,(H,32,34)(H2,30,31,36). The Morgan fingerprint density at radius 3 is 1.97 bits per heavy atom. The third kappa shape index (κ3) is 6.30. The van der Waals surface area contributed by atoms with Crippen molar-refractivity contribution in [3.63, 3.8) is 0 Å². The third-order valence-electron chi connectivity index (χ3n) is 6.33. The summed E-state index contributed by atoms with van der Waals surface area (Å²) in [6, 6.07) is 20.8. The maximum absolute atomic E-state index is 13.1. The van der Waals surface area contributed by atoms with Gasteiger partial charge in [0.25, 0.3) is 11.8 Å². The Morgan fingerprint density at radius 2 is 1.33 bits per heavy atom. The van der Waals surface area contributed by atoms with Crippen molar-refractivity contribution in [1.29, 1.82) is 0 Å². The summed E-state index contributed by atoms with van der Waals surface area (Å²) in [5.41, 5.74) is 3.74. The Kier molecular flexibility index (Phi) is 7.68. The van der Waals surface area contributed by atoms with Crippen LogP contribution in [0, 0.1) is 18.8 Å². The van der Waals surface area contributed by atoms with Crippen LogP contribution in [-0.2, 0) is 0 Å². The molecule has 0 bridgehead atoms. The Morgan fingerprint density at radius 1 is 0.750 bits per heavy atom. The second kappa shape index (κ2) is 11.1. The maximum atomic E-state index is 13.1. The molecule has 2 atom stereocenters. The summed E-state index contributed by atoms with van der Waals surface area (Å²) in [6.07, 6.45) is 1.13. The number of hydrogen-bond donors (Lipinski definition) is 3. The SMILES string of the molecule is Cc1ccc(C(=O)N2CC(C)CC(C)C2)cc1NC(=O)c1ccc(NC(=O)Nc2ccccc2)cc1. The first kappa shape index (κ1) is 25.0. The normalized spacial score (nSPS) is 17.2. The molecule has 1 aliphatic rings. The van der Waals surface area contributed by atoms with Crippen molar-refractivity contribution in [2.24, 2.45) is 11.8 Å². The highest BCUT2D eigenvalue weighted by Crippen LogP contribution is 2.25. The van der Waals surface area contributed by atoms with Gasteiger partial charge >= 0.3 is 6.03 Å². The number of nitrogens with zero attached hydrogens (tertiary/aromatic N) is 1. The lowest BCUT2D eigenvalue weighted by molar-refractivity contribution is 0.0623. The molecule has 2 unspecified atom stereocenters. The van der Waals surface area contributed by atoms with Crippen LogP contribution in [0.2, 0.25) is 0 Å². The predicted molar refractivity (Wildman–Crippen MR) is 144 cm³/mol. The van der Waals surface area contributed by atoms with Crippen LogP contribution >= 0.6 is 0 Å². The molecular weight excluding hydrogens is 452 g/mol. The number of piperidine rings is 1. The number of amides is 4. The van der Waals surface area contributed by atoms with E-state index in [4.69, 9.17) is 0 Å². The summed E-state index contributed by atoms with van der Waals surface area (Å²) in [5.74, 6) is 0.657. The minimum absolute atomic E-state index is 0.00638. The highest BCUT2D eigenvalue weighted by atomic mass is 16.2. The van der Waals surface area contributed by atoms with Gasteiger partial charge in [-0.1, -0.05) is 38.1 Å². The summed E-state index contributed by atoms with van der Waals surface area (Å²) >= 11 is 0. The van der Waals surface area contributed by atoms with Gasteiger partial charge in [0.2, 0.25) is 0 Å². The largest absolute Gasteiger partial charge is 0.338 e. The number of carbonyl (C=O) groups is 3. The zero-order chi connectivity index (χ0) is 25.7. The number of carbonyl (C=O) groups excluding carboxylic acids is 3. The van der Waals surface area contributed by atoms with Gasteiger partial charge in [-0.2, -0.15) is 0 Å². The van der Waals surface area contributed by atoms with Crippen molar-refractivity contribution in [2.75, 3.05) is 29.0 Å². The zero-order valence-electron chi connectivity index (χ0n) is 20.9. The third-order valence-corrected chi connectivity index (χ3v) is 6.33. The summed E-state index contributed by atoms with van der Waals surface area (Å²) in [6.45, 7) is 7.75. The van der Waals surface area contributed by atoms with Crippen molar-refractivity contribution in [3.8, 4) is 0 Å². The Balaban J connectivity index is 1.39. The highest BCUT2D eigenvalue weighted by Gasteiger charge is 2.26. The van der Waals surface area contributed by atoms with Gasteiger partial charge in [0, 0.05) is 41.3 Å². The molecule has 36 heavy (non-hydrogen) atoms. The van der Waals surface area contributed by atoms with E-state index in [2.05, 4.69) is 29.8 Å². The molecule has 7 nitrogen and oxygen atoms in total. The molecule has 1 fully saturated rings. The predicted octanol–water partition coefficient (Wildman–Crippen LogP) is 6.01. The lowest BCUT2D eigenvalue weighted by atomic mass is 9.91. The number of rotatable bonds is 5. The Bertz CT molecular complexity index is 1230. The molecule has 1 heterocycles. The topological polar surface area (TPSA) is 90.5 Å². The first-order valence-corrected chi connectivity index (χ1v) is 12.2. The number of aryl methyl sites for hydroxylation is 1. The molecule has 7 heteroatoms. The van der Waals surface area contributed by atoms with Crippen LogP contribution in [-0.4, -0.2) is 35.8 Å². The molecule has 186 valence electrons. The molecule has 0 saturated carbocycles. The highest BCUT2D eigenvalue weighted by molar-refractivity contribution is 6.06. The quantitative estimate of drug-likeness (QED) is 0.414. The van der Waals surface area contributed by atoms with E-state index in [0.29, 0.717) is 40.0 Å². The molecule has 0 radical (unpaired) electrons. The fourth-order valence-corrected chi connectivity index (χ4v) is 4.62. The van der Waals surface area contributed by atoms with Gasteiger partial charge in [-0.15, -0.1) is 0 Å². The van der Waals surface area contributed by atoms with E-state index in [1.165, 1.54) is 0 Å². The fraction of sp³-hybridized carbons (Fsp3) is 0.276. The molecule has 1 saturated heterocycles. The molecule has 3 N–H and O–H groups in total. The molecule has 1 aliphatic heterocycles. The average molecular weight is 485 g/mol. The number of urea groups is 1. The van der Waals surface area contributed by atoms with Crippen LogP contribution in [0.5, 0.6) is 0 Å². The molecule has 4 rings (SSSR count). The lowest BCUT2D eigenvalue weighted by Crippen LogP contribution is -2.42.